The van der Waals surface area contributed by atoms with E-state index in [0.717, 1.165) is 0 Å². The van der Waals surface area contributed by atoms with Crippen molar-refractivity contribution >= 4 is 5.69 Å². The molecule has 0 heterocycles. The highest BCUT2D eigenvalue weighted by molar-refractivity contribution is 5.50. The second kappa shape index (κ2) is 5.58. The van der Waals surface area contributed by atoms with Crippen molar-refractivity contribution in [3.8, 4) is 5.75 Å². The van der Waals surface area contributed by atoms with Gasteiger partial charge in [0.1, 0.15) is 5.75 Å². The second-order valence-corrected chi connectivity index (χ2v) is 3.06. The standard InChI is InChI=1S/C11H17NO3/c1-3-14-11(15-4-2)9-7-8(13)5-6-10(9)12/h5-7,11,13H,3-4,12H2,1-2H3. The minimum absolute atomic E-state index is 0.156. The lowest BCUT2D eigenvalue weighted by Crippen LogP contribution is -2.10. The maximum atomic E-state index is 9.36. The summed E-state index contributed by atoms with van der Waals surface area (Å²) >= 11 is 0. The summed E-state index contributed by atoms with van der Waals surface area (Å²) in [5.41, 5.74) is 7.00. The second-order valence-electron chi connectivity index (χ2n) is 3.06. The molecule has 0 spiro atoms. The highest BCUT2D eigenvalue weighted by atomic mass is 16.7. The first-order valence-electron chi connectivity index (χ1n) is 5.00. The van der Waals surface area contributed by atoms with E-state index in [4.69, 9.17) is 15.2 Å². The molecule has 0 aliphatic carbocycles. The molecule has 1 aromatic rings. The van der Waals surface area contributed by atoms with Crippen molar-refractivity contribution < 1.29 is 14.6 Å². The van der Waals surface area contributed by atoms with Gasteiger partial charge in [-0.05, 0) is 32.0 Å². The number of hydrogen-bond donors (Lipinski definition) is 2. The maximum Gasteiger partial charge on any atom is 0.185 e. The van der Waals surface area contributed by atoms with Gasteiger partial charge in [-0.1, -0.05) is 0 Å². The number of nitrogens with two attached hydrogens (primary N) is 1. The van der Waals surface area contributed by atoms with Gasteiger partial charge in [0, 0.05) is 24.5 Å². The van der Waals surface area contributed by atoms with E-state index in [1.807, 2.05) is 13.8 Å². The van der Waals surface area contributed by atoms with Crippen molar-refractivity contribution in [2.24, 2.45) is 0 Å². The Bertz CT molecular complexity index is 309. The Morgan fingerprint density at radius 2 is 1.87 bits per heavy atom. The lowest BCUT2D eigenvalue weighted by Gasteiger charge is -2.18. The van der Waals surface area contributed by atoms with Crippen molar-refractivity contribution in [1.29, 1.82) is 0 Å². The molecule has 0 amide bonds. The SMILES string of the molecule is CCOC(OCC)c1cc(O)ccc1N. The van der Waals surface area contributed by atoms with Crippen LogP contribution in [0.25, 0.3) is 0 Å². The van der Waals surface area contributed by atoms with Gasteiger partial charge in [-0.3, -0.25) is 0 Å². The fourth-order valence-corrected chi connectivity index (χ4v) is 1.30. The molecule has 0 fully saturated rings. The molecule has 0 aliphatic rings. The molecule has 0 saturated carbocycles. The smallest absolute Gasteiger partial charge is 0.185 e. The molecule has 0 unspecified atom stereocenters. The van der Waals surface area contributed by atoms with E-state index in [2.05, 4.69) is 0 Å². The Morgan fingerprint density at radius 1 is 1.27 bits per heavy atom. The first kappa shape index (κ1) is 11.8. The van der Waals surface area contributed by atoms with Gasteiger partial charge in [0.15, 0.2) is 6.29 Å². The summed E-state index contributed by atoms with van der Waals surface area (Å²) in [6, 6.07) is 4.73. The van der Waals surface area contributed by atoms with Crippen LogP contribution in [-0.4, -0.2) is 18.3 Å². The molecule has 1 rings (SSSR count). The summed E-state index contributed by atoms with van der Waals surface area (Å²) in [5.74, 6) is 0.156. The predicted octanol–water partition coefficient (Wildman–Crippen LogP) is 2.05. The summed E-state index contributed by atoms with van der Waals surface area (Å²) < 4.78 is 10.8. The van der Waals surface area contributed by atoms with Crippen LogP contribution >= 0.6 is 0 Å². The van der Waals surface area contributed by atoms with E-state index in [9.17, 15) is 5.11 Å². The molecular formula is C11H17NO3. The molecule has 15 heavy (non-hydrogen) atoms. The first-order valence-corrected chi connectivity index (χ1v) is 5.00. The van der Waals surface area contributed by atoms with Gasteiger partial charge >= 0.3 is 0 Å². The molecule has 4 heteroatoms. The molecule has 0 radical (unpaired) electrons. The summed E-state index contributed by atoms with van der Waals surface area (Å²) in [5, 5.41) is 9.36. The lowest BCUT2D eigenvalue weighted by atomic mass is 10.1. The highest BCUT2D eigenvalue weighted by Gasteiger charge is 2.14. The zero-order chi connectivity index (χ0) is 11.3. The fourth-order valence-electron chi connectivity index (χ4n) is 1.30. The average Bonchev–Trinajstić information content (AvgIpc) is 2.21. The normalized spacial score (nSPS) is 10.9. The number of phenols is 1. The predicted molar refractivity (Wildman–Crippen MR) is 58.5 cm³/mol. The summed E-state index contributed by atoms with van der Waals surface area (Å²) in [6.07, 6.45) is -0.507. The van der Waals surface area contributed by atoms with Crippen molar-refractivity contribution in [1.82, 2.24) is 0 Å². The van der Waals surface area contributed by atoms with E-state index in [-0.39, 0.29) is 5.75 Å². The molecule has 0 saturated heterocycles. The summed E-state index contributed by atoms with van der Waals surface area (Å²) in [4.78, 5) is 0. The van der Waals surface area contributed by atoms with Gasteiger partial charge in [0.25, 0.3) is 0 Å². The molecule has 0 atom stereocenters. The van der Waals surface area contributed by atoms with E-state index in [0.29, 0.717) is 24.5 Å². The monoisotopic (exact) mass is 211 g/mol. The molecule has 0 aliphatic heterocycles. The third kappa shape index (κ3) is 3.11. The third-order valence-corrected chi connectivity index (χ3v) is 1.96. The first-order chi connectivity index (χ1) is 7.19. The Labute approximate surface area is 89.6 Å². The van der Waals surface area contributed by atoms with Crippen molar-refractivity contribution in [3.63, 3.8) is 0 Å². The third-order valence-electron chi connectivity index (χ3n) is 1.96. The molecule has 3 N–H and O–H groups in total. The van der Waals surface area contributed by atoms with Crippen molar-refractivity contribution in [2.75, 3.05) is 18.9 Å². The van der Waals surface area contributed by atoms with Gasteiger partial charge in [-0.25, -0.2) is 0 Å². The molecule has 1 aromatic carbocycles. The largest absolute Gasteiger partial charge is 0.508 e. The van der Waals surface area contributed by atoms with Crippen molar-refractivity contribution in [2.45, 2.75) is 20.1 Å². The van der Waals surface area contributed by atoms with E-state index >= 15 is 0 Å². The van der Waals surface area contributed by atoms with Gasteiger partial charge in [0.05, 0.1) is 0 Å². The Morgan fingerprint density at radius 3 is 2.40 bits per heavy atom. The van der Waals surface area contributed by atoms with Crippen LogP contribution in [0.1, 0.15) is 25.7 Å². The number of aromatic hydroxyl groups is 1. The van der Waals surface area contributed by atoms with E-state index in [1.165, 1.54) is 6.07 Å². The van der Waals surface area contributed by atoms with Crippen LogP contribution < -0.4 is 5.73 Å². The van der Waals surface area contributed by atoms with Gasteiger partial charge in [-0.15, -0.1) is 0 Å². The number of rotatable bonds is 5. The molecular weight excluding hydrogens is 194 g/mol. The zero-order valence-electron chi connectivity index (χ0n) is 9.06. The van der Waals surface area contributed by atoms with Crippen LogP contribution in [0.4, 0.5) is 5.69 Å². The highest BCUT2D eigenvalue weighted by Crippen LogP contribution is 2.28. The molecule has 0 aromatic heterocycles. The fraction of sp³-hybridized carbons (Fsp3) is 0.455. The molecule has 0 bridgehead atoms. The lowest BCUT2D eigenvalue weighted by molar-refractivity contribution is -0.139. The minimum atomic E-state index is -0.507. The number of ether oxygens (including phenoxy) is 2. The summed E-state index contributed by atoms with van der Waals surface area (Å²) in [6.45, 7) is 4.82. The Hall–Kier alpha value is -1.26. The Balaban J connectivity index is 2.93. The van der Waals surface area contributed by atoms with Crippen LogP contribution in [0.5, 0.6) is 5.75 Å². The topological polar surface area (TPSA) is 64.7 Å². The number of nitrogen functional groups attached to an aromatic ring is 1. The van der Waals surface area contributed by atoms with Gasteiger partial charge in [-0.2, -0.15) is 0 Å². The number of phenolic OH excluding ortho intramolecular Hbond substituents is 1. The van der Waals surface area contributed by atoms with Crippen LogP contribution in [0.15, 0.2) is 18.2 Å². The zero-order valence-corrected chi connectivity index (χ0v) is 9.06. The van der Waals surface area contributed by atoms with Crippen LogP contribution in [0, 0.1) is 0 Å². The molecule has 4 nitrogen and oxygen atoms in total. The van der Waals surface area contributed by atoms with Gasteiger partial charge < -0.3 is 20.3 Å². The minimum Gasteiger partial charge on any atom is -0.508 e. The van der Waals surface area contributed by atoms with E-state index in [1.54, 1.807) is 12.1 Å². The van der Waals surface area contributed by atoms with Crippen LogP contribution in [-0.2, 0) is 9.47 Å². The van der Waals surface area contributed by atoms with Crippen LogP contribution in [0.3, 0.4) is 0 Å². The maximum absolute atomic E-state index is 9.36. The van der Waals surface area contributed by atoms with Crippen molar-refractivity contribution in [3.05, 3.63) is 23.8 Å². The quantitative estimate of drug-likeness (QED) is 0.444. The van der Waals surface area contributed by atoms with Crippen LogP contribution in [0.2, 0.25) is 0 Å². The summed E-state index contributed by atoms with van der Waals surface area (Å²) in [7, 11) is 0. The average molecular weight is 211 g/mol. The molecule has 84 valence electrons. The van der Waals surface area contributed by atoms with Gasteiger partial charge in [0.2, 0.25) is 0 Å². The number of hydrogen-bond acceptors (Lipinski definition) is 4. The number of benzene rings is 1. The van der Waals surface area contributed by atoms with E-state index < -0.39 is 6.29 Å². The number of anilines is 1. The Kier molecular flexibility index (Phi) is 4.39.